The van der Waals surface area contributed by atoms with Crippen molar-refractivity contribution in [3.63, 3.8) is 0 Å². The monoisotopic (exact) mass is 477 g/mol. The summed E-state index contributed by atoms with van der Waals surface area (Å²) in [6.07, 6.45) is 11.6. The minimum atomic E-state index is -1.68. The van der Waals surface area contributed by atoms with Gasteiger partial charge in [0, 0.05) is 11.5 Å². The molecule has 3 unspecified atom stereocenters. The molecule has 4 nitrogen and oxygen atoms in total. The lowest BCUT2D eigenvalue weighted by Crippen LogP contribution is -2.56. The molecule has 4 aliphatic rings. The average Bonchev–Trinajstić information content (AvgIpc) is 2.97. The SMILES string of the molecule is CO/N=C1\CCC2C3C(CC[C@]12C)[C@@]1(C)CC[C@H](O[Si](C)(C)C)CC1=C[C@H]3O[Si](C)(C)C. The van der Waals surface area contributed by atoms with Crippen LogP contribution in [0.25, 0.3) is 0 Å². The highest BCUT2D eigenvalue weighted by molar-refractivity contribution is 6.70. The first-order chi connectivity index (χ1) is 14.8. The lowest BCUT2D eigenvalue weighted by atomic mass is 9.47. The van der Waals surface area contributed by atoms with Crippen LogP contribution in [0.4, 0.5) is 0 Å². The maximum Gasteiger partial charge on any atom is 0.184 e. The van der Waals surface area contributed by atoms with Gasteiger partial charge in [-0.1, -0.05) is 30.7 Å². The highest BCUT2D eigenvalue weighted by Crippen LogP contribution is 2.65. The second-order valence-electron chi connectivity index (χ2n) is 13.4. The minimum Gasteiger partial charge on any atom is -0.414 e. The van der Waals surface area contributed by atoms with Crippen molar-refractivity contribution in [3.05, 3.63) is 11.6 Å². The molecule has 4 rings (SSSR count). The van der Waals surface area contributed by atoms with Crippen LogP contribution in [0.2, 0.25) is 39.3 Å². The zero-order valence-corrected chi connectivity index (χ0v) is 24.1. The number of rotatable bonds is 5. The summed E-state index contributed by atoms with van der Waals surface area (Å²) in [4.78, 5) is 5.28. The molecule has 6 heteroatoms. The van der Waals surface area contributed by atoms with Gasteiger partial charge in [0.1, 0.15) is 7.11 Å². The van der Waals surface area contributed by atoms with Crippen LogP contribution in [-0.4, -0.2) is 41.7 Å². The van der Waals surface area contributed by atoms with Crippen LogP contribution in [0.15, 0.2) is 16.8 Å². The largest absolute Gasteiger partial charge is 0.414 e. The van der Waals surface area contributed by atoms with Gasteiger partial charge in [-0.25, -0.2) is 0 Å². The van der Waals surface area contributed by atoms with Crippen molar-refractivity contribution in [2.24, 2.45) is 33.7 Å². The van der Waals surface area contributed by atoms with Crippen LogP contribution in [0.3, 0.4) is 0 Å². The lowest BCUT2D eigenvalue weighted by molar-refractivity contribution is -0.0651. The second kappa shape index (κ2) is 8.35. The van der Waals surface area contributed by atoms with Gasteiger partial charge in [-0.2, -0.15) is 0 Å². The maximum atomic E-state index is 6.99. The van der Waals surface area contributed by atoms with Crippen molar-refractivity contribution in [3.8, 4) is 0 Å². The summed E-state index contributed by atoms with van der Waals surface area (Å²) in [5.41, 5.74) is 3.40. The molecule has 0 amide bonds. The molecule has 32 heavy (non-hydrogen) atoms. The first-order valence-electron chi connectivity index (χ1n) is 12.9. The molecule has 182 valence electrons. The van der Waals surface area contributed by atoms with Crippen LogP contribution in [-0.2, 0) is 13.7 Å². The van der Waals surface area contributed by atoms with Crippen molar-refractivity contribution >= 4 is 22.3 Å². The topological polar surface area (TPSA) is 40.0 Å². The Bertz CT molecular complexity index is 783. The Hall–Kier alpha value is -0.436. The van der Waals surface area contributed by atoms with Gasteiger partial charge in [0.2, 0.25) is 0 Å². The van der Waals surface area contributed by atoms with Gasteiger partial charge in [0.05, 0.1) is 11.8 Å². The van der Waals surface area contributed by atoms with E-state index >= 15 is 0 Å². The Morgan fingerprint density at radius 1 is 0.875 bits per heavy atom. The third kappa shape index (κ3) is 4.46. The highest BCUT2D eigenvalue weighted by atomic mass is 28.4. The smallest absolute Gasteiger partial charge is 0.184 e. The quantitative estimate of drug-likeness (QED) is 0.243. The molecule has 0 saturated heterocycles. The highest BCUT2D eigenvalue weighted by Gasteiger charge is 2.61. The van der Waals surface area contributed by atoms with Crippen LogP contribution in [0.1, 0.15) is 58.8 Å². The zero-order valence-electron chi connectivity index (χ0n) is 22.1. The zero-order chi connectivity index (χ0) is 23.5. The summed E-state index contributed by atoms with van der Waals surface area (Å²) < 4.78 is 13.6. The summed E-state index contributed by atoms with van der Waals surface area (Å²) in [7, 11) is -1.52. The Balaban J connectivity index is 1.71. The van der Waals surface area contributed by atoms with Gasteiger partial charge in [-0.15, -0.1) is 0 Å². The molecular weight excluding hydrogens is 430 g/mol. The van der Waals surface area contributed by atoms with E-state index in [0.29, 0.717) is 29.3 Å². The predicted molar refractivity (Wildman–Crippen MR) is 138 cm³/mol. The number of hydrogen-bond acceptors (Lipinski definition) is 4. The molecule has 7 atom stereocenters. The number of oxime groups is 1. The third-order valence-corrected chi connectivity index (χ3v) is 11.0. The van der Waals surface area contributed by atoms with Crippen molar-refractivity contribution < 1.29 is 13.7 Å². The molecule has 0 spiro atoms. The normalized spacial score (nSPS) is 43.3. The average molecular weight is 478 g/mol. The first kappa shape index (κ1) is 24.7. The number of fused-ring (bicyclic) bond motifs is 5. The number of nitrogens with zero attached hydrogens (tertiary/aromatic N) is 1. The molecule has 0 aromatic heterocycles. The van der Waals surface area contributed by atoms with Crippen molar-refractivity contribution in [1.29, 1.82) is 0 Å². The summed E-state index contributed by atoms with van der Waals surface area (Å²) in [5.74, 6) is 1.94. The fourth-order valence-electron chi connectivity index (χ4n) is 7.76. The summed E-state index contributed by atoms with van der Waals surface area (Å²) in [5, 5.41) is 4.52. The Morgan fingerprint density at radius 3 is 2.12 bits per heavy atom. The van der Waals surface area contributed by atoms with Crippen molar-refractivity contribution in [2.75, 3.05) is 7.11 Å². The minimum absolute atomic E-state index is 0.165. The summed E-state index contributed by atoms with van der Waals surface area (Å²) in [6.45, 7) is 19.1. The van der Waals surface area contributed by atoms with E-state index in [1.165, 1.54) is 37.8 Å². The van der Waals surface area contributed by atoms with Gasteiger partial charge in [0.25, 0.3) is 0 Å². The van der Waals surface area contributed by atoms with Gasteiger partial charge < -0.3 is 13.7 Å². The van der Waals surface area contributed by atoms with Crippen molar-refractivity contribution in [1.82, 2.24) is 0 Å². The first-order valence-corrected chi connectivity index (χ1v) is 19.8. The molecule has 3 saturated carbocycles. The van der Waals surface area contributed by atoms with E-state index in [2.05, 4.69) is 64.4 Å². The van der Waals surface area contributed by atoms with Crippen LogP contribution >= 0.6 is 0 Å². The van der Waals surface area contributed by atoms with Crippen molar-refractivity contribution in [2.45, 2.75) is 110 Å². The van der Waals surface area contributed by atoms with Crippen LogP contribution in [0.5, 0.6) is 0 Å². The van der Waals surface area contributed by atoms with Gasteiger partial charge >= 0.3 is 0 Å². The van der Waals surface area contributed by atoms with E-state index < -0.39 is 16.6 Å². The molecule has 4 aliphatic carbocycles. The molecule has 0 heterocycles. The van der Waals surface area contributed by atoms with Crippen LogP contribution in [0, 0.1) is 28.6 Å². The molecule has 0 aliphatic heterocycles. The van der Waals surface area contributed by atoms with E-state index in [-0.39, 0.29) is 11.5 Å². The summed E-state index contributed by atoms with van der Waals surface area (Å²) >= 11 is 0. The molecule has 3 fully saturated rings. The van der Waals surface area contributed by atoms with Gasteiger partial charge in [0.15, 0.2) is 16.6 Å². The molecular formula is C26H47NO3Si2. The Labute approximate surface area is 198 Å². The van der Waals surface area contributed by atoms with E-state index in [0.717, 1.165) is 12.8 Å². The standard InChI is InChI=1S/C26H47NO3Si2/c1-25-14-12-19(29-31(4,5)6)16-18(25)17-22(30-32(7,8)9)24-20-10-11-23(27-28-3)26(20,2)15-13-21(24)25/h17,19-22,24H,10-16H2,1-9H3/b27-23+/t19-,20?,21?,22+,24?,25-,26-/m0/s1. The molecule has 0 aromatic rings. The third-order valence-electron chi connectivity index (χ3n) is 9.02. The Kier molecular flexibility index (Phi) is 6.44. The Morgan fingerprint density at radius 2 is 1.50 bits per heavy atom. The van der Waals surface area contributed by atoms with E-state index in [9.17, 15) is 0 Å². The molecule has 0 aromatic carbocycles. The fourth-order valence-corrected chi connectivity index (χ4v) is 10.0. The second-order valence-corrected chi connectivity index (χ2v) is 22.3. The van der Waals surface area contributed by atoms with Gasteiger partial charge in [-0.3, -0.25) is 0 Å². The maximum absolute atomic E-state index is 6.99. The lowest BCUT2D eigenvalue weighted by Gasteiger charge is -2.59. The van der Waals surface area contributed by atoms with E-state index in [4.69, 9.17) is 13.7 Å². The predicted octanol–water partition coefficient (Wildman–Crippen LogP) is 7.00. The summed E-state index contributed by atoms with van der Waals surface area (Å²) in [6, 6.07) is 0. The van der Waals surface area contributed by atoms with Crippen LogP contribution < -0.4 is 0 Å². The molecule has 0 bridgehead atoms. The molecule has 0 N–H and O–H groups in total. The van der Waals surface area contributed by atoms with E-state index in [1.807, 2.05) is 0 Å². The molecule has 0 radical (unpaired) electrons. The van der Waals surface area contributed by atoms with E-state index in [1.54, 1.807) is 12.7 Å². The fraction of sp³-hybridized carbons (Fsp3) is 0.885. The van der Waals surface area contributed by atoms with Gasteiger partial charge in [-0.05, 0) is 107 Å². The number of hydrogen-bond donors (Lipinski definition) is 0.